The standard InChI is InChI=1S/C14H25N3O/c1-7-14(8-2,18-6)13-16-11(10(3)4)9-12(15-5)17-13/h9-10H,7-8H2,1-6H3,(H,15,16,17). The van der Waals surface area contributed by atoms with E-state index in [1.165, 1.54) is 0 Å². The Bertz CT molecular complexity index is 378. The van der Waals surface area contributed by atoms with Crippen LogP contribution in [0.2, 0.25) is 0 Å². The summed E-state index contributed by atoms with van der Waals surface area (Å²) < 4.78 is 5.70. The van der Waals surface area contributed by atoms with Crippen molar-refractivity contribution in [1.82, 2.24) is 9.97 Å². The molecule has 4 heteroatoms. The molecule has 1 aromatic heterocycles. The Hall–Kier alpha value is -1.16. The SMILES string of the molecule is CCC(CC)(OC)c1nc(NC)cc(C(C)C)n1. The van der Waals surface area contributed by atoms with Crippen LogP contribution in [0.3, 0.4) is 0 Å². The van der Waals surface area contributed by atoms with Gasteiger partial charge in [-0.05, 0) is 18.8 Å². The second kappa shape index (κ2) is 6.14. The van der Waals surface area contributed by atoms with Gasteiger partial charge in [0.05, 0.1) is 0 Å². The van der Waals surface area contributed by atoms with Crippen LogP contribution in [0.1, 0.15) is 58.0 Å². The monoisotopic (exact) mass is 251 g/mol. The van der Waals surface area contributed by atoms with Crippen molar-refractivity contribution >= 4 is 5.82 Å². The molecule has 0 aromatic carbocycles. The summed E-state index contributed by atoms with van der Waals surface area (Å²) >= 11 is 0. The first kappa shape index (κ1) is 14.9. The molecule has 0 unspecified atom stereocenters. The Morgan fingerprint density at radius 1 is 1.28 bits per heavy atom. The molecule has 102 valence electrons. The zero-order valence-electron chi connectivity index (χ0n) is 12.4. The van der Waals surface area contributed by atoms with E-state index in [0.717, 1.165) is 30.2 Å². The van der Waals surface area contributed by atoms with Crippen molar-refractivity contribution < 1.29 is 4.74 Å². The van der Waals surface area contributed by atoms with Gasteiger partial charge >= 0.3 is 0 Å². The maximum Gasteiger partial charge on any atom is 0.162 e. The van der Waals surface area contributed by atoms with Gasteiger partial charge in [-0.25, -0.2) is 9.97 Å². The minimum atomic E-state index is -0.378. The van der Waals surface area contributed by atoms with Crippen molar-refractivity contribution in [3.05, 3.63) is 17.6 Å². The number of rotatable bonds is 6. The average molecular weight is 251 g/mol. The van der Waals surface area contributed by atoms with Crippen LogP contribution < -0.4 is 5.32 Å². The Labute approximate surface area is 110 Å². The molecule has 0 bridgehead atoms. The topological polar surface area (TPSA) is 47.0 Å². The minimum absolute atomic E-state index is 0.377. The zero-order chi connectivity index (χ0) is 13.8. The molecule has 18 heavy (non-hydrogen) atoms. The summed E-state index contributed by atoms with van der Waals surface area (Å²) in [6.45, 7) is 8.49. The molecule has 0 radical (unpaired) electrons. The summed E-state index contributed by atoms with van der Waals surface area (Å²) in [7, 11) is 3.61. The molecule has 0 amide bonds. The van der Waals surface area contributed by atoms with Gasteiger partial charge in [0.15, 0.2) is 5.82 Å². The van der Waals surface area contributed by atoms with E-state index in [1.807, 2.05) is 13.1 Å². The molecule has 1 aromatic rings. The van der Waals surface area contributed by atoms with E-state index in [-0.39, 0.29) is 5.60 Å². The molecule has 1 heterocycles. The fourth-order valence-electron chi connectivity index (χ4n) is 2.04. The van der Waals surface area contributed by atoms with Crippen LogP contribution in [-0.2, 0) is 10.3 Å². The largest absolute Gasteiger partial charge is 0.373 e. The smallest absolute Gasteiger partial charge is 0.162 e. The van der Waals surface area contributed by atoms with Crippen molar-refractivity contribution in [2.45, 2.75) is 52.1 Å². The van der Waals surface area contributed by atoms with Crippen LogP contribution in [-0.4, -0.2) is 24.1 Å². The predicted octanol–water partition coefficient (Wildman–Crippen LogP) is 3.30. The highest BCUT2D eigenvalue weighted by Gasteiger charge is 2.32. The molecular weight excluding hydrogens is 226 g/mol. The molecule has 0 atom stereocenters. The van der Waals surface area contributed by atoms with E-state index in [4.69, 9.17) is 4.74 Å². The molecular formula is C14H25N3O. The van der Waals surface area contributed by atoms with E-state index in [0.29, 0.717) is 5.92 Å². The van der Waals surface area contributed by atoms with Crippen molar-refractivity contribution in [1.29, 1.82) is 0 Å². The zero-order valence-corrected chi connectivity index (χ0v) is 12.4. The number of anilines is 1. The van der Waals surface area contributed by atoms with Gasteiger partial charge < -0.3 is 10.1 Å². The lowest BCUT2D eigenvalue weighted by atomic mass is 9.95. The van der Waals surface area contributed by atoms with Crippen molar-refractivity contribution in [2.75, 3.05) is 19.5 Å². The molecule has 0 aliphatic heterocycles. The van der Waals surface area contributed by atoms with Gasteiger partial charge in [0.1, 0.15) is 11.4 Å². The quantitative estimate of drug-likeness (QED) is 0.842. The summed E-state index contributed by atoms with van der Waals surface area (Å²) in [6.07, 6.45) is 1.73. The molecule has 0 aliphatic rings. The highest BCUT2D eigenvalue weighted by molar-refractivity contribution is 5.37. The number of ether oxygens (including phenoxy) is 1. The number of hydrogen-bond acceptors (Lipinski definition) is 4. The lowest BCUT2D eigenvalue weighted by Crippen LogP contribution is -2.30. The second-order valence-electron chi connectivity index (χ2n) is 4.81. The van der Waals surface area contributed by atoms with Gasteiger partial charge in [-0.1, -0.05) is 27.7 Å². The van der Waals surface area contributed by atoms with E-state index < -0.39 is 0 Å². The summed E-state index contributed by atoms with van der Waals surface area (Å²) in [5, 5.41) is 3.10. The number of aromatic nitrogens is 2. The number of methoxy groups -OCH3 is 1. The number of nitrogens with zero attached hydrogens (tertiary/aromatic N) is 2. The maximum atomic E-state index is 5.70. The highest BCUT2D eigenvalue weighted by atomic mass is 16.5. The van der Waals surface area contributed by atoms with E-state index in [1.54, 1.807) is 7.11 Å². The normalized spacial score (nSPS) is 11.9. The molecule has 0 aliphatic carbocycles. The van der Waals surface area contributed by atoms with Crippen LogP contribution in [0.4, 0.5) is 5.82 Å². The minimum Gasteiger partial charge on any atom is -0.373 e. The number of hydrogen-bond donors (Lipinski definition) is 1. The molecule has 4 nitrogen and oxygen atoms in total. The first-order valence-corrected chi connectivity index (χ1v) is 6.65. The summed E-state index contributed by atoms with van der Waals surface area (Å²) in [5.74, 6) is 2.01. The van der Waals surface area contributed by atoms with Crippen molar-refractivity contribution in [3.8, 4) is 0 Å². The summed E-state index contributed by atoms with van der Waals surface area (Å²) in [4.78, 5) is 9.26. The third kappa shape index (κ3) is 2.80. The molecule has 0 fully saturated rings. The van der Waals surface area contributed by atoms with Gasteiger partial charge in [0, 0.05) is 25.9 Å². The third-order valence-electron chi connectivity index (χ3n) is 3.53. The highest BCUT2D eigenvalue weighted by Crippen LogP contribution is 2.31. The fourth-order valence-corrected chi connectivity index (χ4v) is 2.04. The molecule has 0 spiro atoms. The third-order valence-corrected chi connectivity index (χ3v) is 3.53. The fraction of sp³-hybridized carbons (Fsp3) is 0.714. The molecule has 0 saturated carbocycles. The summed E-state index contributed by atoms with van der Waals surface area (Å²) in [6, 6.07) is 2.00. The molecule has 0 saturated heterocycles. The molecule has 1 N–H and O–H groups in total. The van der Waals surface area contributed by atoms with Gasteiger partial charge in [-0.2, -0.15) is 0 Å². The Kier molecular flexibility index (Phi) is 5.08. The van der Waals surface area contributed by atoms with Gasteiger partial charge in [-0.15, -0.1) is 0 Å². The van der Waals surface area contributed by atoms with Crippen LogP contribution in [0.15, 0.2) is 6.07 Å². The average Bonchev–Trinajstić information content (AvgIpc) is 2.41. The van der Waals surface area contributed by atoms with E-state index in [2.05, 4.69) is 43.0 Å². The maximum absolute atomic E-state index is 5.70. The van der Waals surface area contributed by atoms with Crippen molar-refractivity contribution in [2.24, 2.45) is 0 Å². The number of nitrogens with one attached hydrogen (secondary N) is 1. The van der Waals surface area contributed by atoms with E-state index >= 15 is 0 Å². The Balaban J connectivity index is 3.33. The van der Waals surface area contributed by atoms with Crippen LogP contribution in [0.5, 0.6) is 0 Å². The lowest BCUT2D eigenvalue weighted by Gasteiger charge is -2.29. The predicted molar refractivity (Wildman–Crippen MR) is 74.9 cm³/mol. The summed E-state index contributed by atoms with van der Waals surface area (Å²) in [5.41, 5.74) is 0.670. The van der Waals surface area contributed by atoms with Crippen LogP contribution >= 0.6 is 0 Å². The lowest BCUT2D eigenvalue weighted by molar-refractivity contribution is -0.0292. The van der Waals surface area contributed by atoms with Gasteiger partial charge in [0.25, 0.3) is 0 Å². The van der Waals surface area contributed by atoms with Crippen LogP contribution in [0, 0.1) is 0 Å². The second-order valence-corrected chi connectivity index (χ2v) is 4.81. The molecule has 1 rings (SSSR count). The van der Waals surface area contributed by atoms with Gasteiger partial charge in [-0.3, -0.25) is 0 Å². The van der Waals surface area contributed by atoms with Gasteiger partial charge in [0.2, 0.25) is 0 Å². The van der Waals surface area contributed by atoms with Crippen molar-refractivity contribution in [3.63, 3.8) is 0 Å². The van der Waals surface area contributed by atoms with E-state index in [9.17, 15) is 0 Å². The Morgan fingerprint density at radius 2 is 1.89 bits per heavy atom. The first-order valence-electron chi connectivity index (χ1n) is 6.65. The Morgan fingerprint density at radius 3 is 2.28 bits per heavy atom. The first-order chi connectivity index (χ1) is 8.52. The van der Waals surface area contributed by atoms with Crippen LogP contribution in [0.25, 0.3) is 0 Å².